The van der Waals surface area contributed by atoms with E-state index in [-0.39, 0.29) is 32.3 Å². The van der Waals surface area contributed by atoms with Crippen LogP contribution in [0.2, 0.25) is 0 Å². The maximum absolute atomic E-state index is 12.4. The van der Waals surface area contributed by atoms with Crippen LogP contribution in [0, 0.1) is 5.92 Å². The lowest BCUT2D eigenvalue weighted by atomic mass is 9.99. The van der Waals surface area contributed by atoms with E-state index >= 15 is 0 Å². The summed E-state index contributed by atoms with van der Waals surface area (Å²) >= 11 is 0. The Hall–Kier alpha value is -3.81. The maximum atomic E-state index is 12.4. The number of pyridine rings is 1. The van der Waals surface area contributed by atoms with E-state index in [1.807, 2.05) is 50.2 Å². The van der Waals surface area contributed by atoms with Crippen LogP contribution in [0.1, 0.15) is 38.8 Å². The molecule has 0 aliphatic carbocycles. The molecule has 3 rings (SSSR count). The zero-order chi connectivity index (χ0) is 26.1. The average molecular weight is 496 g/mol. The summed E-state index contributed by atoms with van der Waals surface area (Å²) in [6, 6.07) is 12.9. The normalized spacial score (nSPS) is 11.0. The highest BCUT2D eigenvalue weighted by atomic mass is 16.6. The molecule has 1 aromatic heterocycles. The molecule has 1 heterocycles. The van der Waals surface area contributed by atoms with Crippen LogP contribution in [0.25, 0.3) is 10.9 Å². The molecule has 0 atom stereocenters. The summed E-state index contributed by atoms with van der Waals surface area (Å²) in [6.45, 7) is 7.90. The lowest BCUT2D eigenvalue weighted by Gasteiger charge is -2.18. The smallest absolute Gasteiger partial charge is 0.320 e. The summed E-state index contributed by atoms with van der Waals surface area (Å²) < 4.78 is 27.7. The molecule has 2 aromatic carbocycles. The highest BCUT2D eigenvalue weighted by Crippen LogP contribution is 2.33. The molecular weight excluding hydrogens is 462 g/mol. The van der Waals surface area contributed by atoms with Crippen molar-refractivity contribution in [1.29, 1.82) is 0 Å². The summed E-state index contributed by atoms with van der Waals surface area (Å²) in [4.78, 5) is 29.3. The largest absolute Gasteiger partial charge is 0.497 e. The fourth-order valence-corrected chi connectivity index (χ4v) is 3.70. The fraction of sp³-hybridized carbons (Fsp3) is 0.393. The van der Waals surface area contributed by atoms with Gasteiger partial charge in [-0.05, 0) is 70.0 Å². The van der Waals surface area contributed by atoms with Crippen molar-refractivity contribution in [3.63, 3.8) is 0 Å². The summed E-state index contributed by atoms with van der Waals surface area (Å²) in [5.74, 6) is -0.256. The number of benzene rings is 2. The summed E-state index contributed by atoms with van der Waals surface area (Å²) in [7, 11) is 1.62. The molecule has 0 saturated heterocycles. The van der Waals surface area contributed by atoms with Crippen molar-refractivity contribution < 1.29 is 33.3 Å². The van der Waals surface area contributed by atoms with Crippen molar-refractivity contribution in [1.82, 2.24) is 4.98 Å². The van der Waals surface area contributed by atoms with Gasteiger partial charge in [-0.2, -0.15) is 0 Å². The Labute approximate surface area is 211 Å². The number of hydrogen-bond donors (Lipinski definition) is 0. The third-order valence-electron chi connectivity index (χ3n) is 5.33. The molecule has 0 amide bonds. The molecule has 0 fully saturated rings. The molecule has 36 heavy (non-hydrogen) atoms. The SMILES string of the molecule is CCOC(=O)C(Cc1cccc(OCc2cnc3ccc(OC)cc3c2OC(C)C)c1)C(=O)OCC. The number of fused-ring (bicyclic) bond motifs is 1. The van der Waals surface area contributed by atoms with Gasteiger partial charge >= 0.3 is 11.9 Å². The van der Waals surface area contributed by atoms with E-state index in [9.17, 15) is 9.59 Å². The third kappa shape index (κ3) is 6.87. The minimum atomic E-state index is -1.04. The monoisotopic (exact) mass is 495 g/mol. The van der Waals surface area contributed by atoms with E-state index in [0.717, 1.165) is 22.0 Å². The fourth-order valence-electron chi connectivity index (χ4n) is 3.70. The van der Waals surface area contributed by atoms with Crippen LogP contribution in [0.4, 0.5) is 0 Å². The van der Waals surface area contributed by atoms with Crippen LogP contribution in [0.15, 0.2) is 48.7 Å². The van der Waals surface area contributed by atoms with Crippen molar-refractivity contribution in [3.05, 3.63) is 59.8 Å². The average Bonchev–Trinajstić information content (AvgIpc) is 2.86. The van der Waals surface area contributed by atoms with Crippen molar-refractivity contribution in [2.45, 2.75) is 46.8 Å². The number of rotatable bonds is 12. The first-order valence-corrected chi connectivity index (χ1v) is 12.0. The van der Waals surface area contributed by atoms with Gasteiger partial charge in [0.05, 0.1) is 37.5 Å². The van der Waals surface area contributed by atoms with Crippen molar-refractivity contribution in [3.8, 4) is 17.2 Å². The summed E-state index contributed by atoms with van der Waals surface area (Å²) in [5.41, 5.74) is 2.32. The quantitative estimate of drug-likeness (QED) is 0.259. The van der Waals surface area contributed by atoms with Crippen molar-refractivity contribution in [2.24, 2.45) is 5.92 Å². The molecule has 0 spiro atoms. The second kappa shape index (κ2) is 12.8. The molecule has 0 bridgehead atoms. The van der Waals surface area contributed by atoms with Crippen LogP contribution in [-0.4, -0.2) is 43.4 Å². The van der Waals surface area contributed by atoms with Gasteiger partial charge in [-0.25, -0.2) is 0 Å². The topological polar surface area (TPSA) is 93.2 Å². The number of hydrogen-bond acceptors (Lipinski definition) is 8. The van der Waals surface area contributed by atoms with E-state index in [0.29, 0.717) is 17.2 Å². The van der Waals surface area contributed by atoms with Crippen molar-refractivity contribution >= 4 is 22.8 Å². The highest BCUT2D eigenvalue weighted by molar-refractivity contribution is 5.95. The Bertz CT molecular complexity index is 1170. The van der Waals surface area contributed by atoms with Crippen LogP contribution in [-0.2, 0) is 32.1 Å². The van der Waals surface area contributed by atoms with Gasteiger partial charge in [0.2, 0.25) is 0 Å². The summed E-state index contributed by atoms with van der Waals surface area (Å²) in [6.07, 6.45) is 1.84. The van der Waals surface area contributed by atoms with E-state index in [1.165, 1.54) is 0 Å². The summed E-state index contributed by atoms with van der Waals surface area (Å²) in [5, 5.41) is 0.838. The maximum Gasteiger partial charge on any atom is 0.320 e. The molecule has 0 N–H and O–H groups in total. The Balaban J connectivity index is 1.82. The number of esters is 2. The highest BCUT2D eigenvalue weighted by Gasteiger charge is 2.29. The molecule has 8 heteroatoms. The Morgan fingerprint density at radius 1 is 0.944 bits per heavy atom. The van der Waals surface area contributed by atoms with Crippen LogP contribution < -0.4 is 14.2 Å². The Kier molecular flexibility index (Phi) is 9.50. The second-order valence-electron chi connectivity index (χ2n) is 8.36. The molecular formula is C28H33NO7. The van der Waals surface area contributed by atoms with Gasteiger partial charge in [-0.15, -0.1) is 0 Å². The van der Waals surface area contributed by atoms with Crippen LogP contribution in [0.5, 0.6) is 17.2 Å². The van der Waals surface area contributed by atoms with Gasteiger partial charge in [0.1, 0.15) is 23.9 Å². The predicted molar refractivity (Wildman–Crippen MR) is 135 cm³/mol. The minimum Gasteiger partial charge on any atom is -0.497 e. The number of carbonyl (C=O) groups is 2. The van der Waals surface area contributed by atoms with Gasteiger partial charge in [-0.3, -0.25) is 14.6 Å². The molecule has 192 valence electrons. The van der Waals surface area contributed by atoms with Gasteiger partial charge in [0.25, 0.3) is 0 Å². The first-order valence-electron chi connectivity index (χ1n) is 12.0. The zero-order valence-corrected chi connectivity index (χ0v) is 21.4. The standard InChI is InChI=1S/C28H33NO7/c1-6-33-27(30)24(28(31)34-7-2)14-19-9-8-10-22(13-19)35-17-20-16-29-25-12-11-21(32-5)15-23(25)26(20)36-18(3)4/h8-13,15-16,18,24H,6-7,14,17H2,1-5H3. The van der Waals surface area contributed by atoms with E-state index < -0.39 is 17.9 Å². The Morgan fingerprint density at radius 2 is 1.67 bits per heavy atom. The Morgan fingerprint density at radius 3 is 2.31 bits per heavy atom. The molecule has 0 saturated carbocycles. The number of aromatic nitrogens is 1. The van der Waals surface area contributed by atoms with Crippen LogP contribution in [0.3, 0.4) is 0 Å². The number of nitrogens with zero attached hydrogens (tertiary/aromatic N) is 1. The first kappa shape index (κ1) is 26.8. The number of carbonyl (C=O) groups excluding carboxylic acids is 2. The van der Waals surface area contributed by atoms with Gasteiger partial charge in [0, 0.05) is 11.6 Å². The van der Waals surface area contributed by atoms with Gasteiger partial charge in [-0.1, -0.05) is 12.1 Å². The number of methoxy groups -OCH3 is 1. The molecule has 8 nitrogen and oxygen atoms in total. The molecule has 0 aliphatic rings. The van der Waals surface area contributed by atoms with Gasteiger partial charge in [0.15, 0.2) is 5.92 Å². The molecule has 0 radical (unpaired) electrons. The lowest BCUT2D eigenvalue weighted by Crippen LogP contribution is -2.30. The lowest BCUT2D eigenvalue weighted by molar-refractivity contribution is -0.161. The van der Waals surface area contributed by atoms with Crippen LogP contribution >= 0.6 is 0 Å². The third-order valence-corrected chi connectivity index (χ3v) is 5.33. The zero-order valence-electron chi connectivity index (χ0n) is 21.4. The molecule has 3 aromatic rings. The molecule has 0 unspecified atom stereocenters. The number of ether oxygens (including phenoxy) is 5. The minimum absolute atomic E-state index is 0.0495. The van der Waals surface area contributed by atoms with Gasteiger partial charge < -0.3 is 23.7 Å². The predicted octanol–water partition coefficient (Wildman–Crippen LogP) is 4.89. The van der Waals surface area contributed by atoms with E-state index in [1.54, 1.807) is 33.2 Å². The van der Waals surface area contributed by atoms with E-state index in [4.69, 9.17) is 23.7 Å². The first-order chi connectivity index (χ1) is 17.4. The van der Waals surface area contributed by atoms with E-state index in [2.05, 4.69) is 4.98 Å². The second-order valence-corrected chi connectivity index (χ2v) is 8.36. The molecule has 0 aliphatic heterocycles. The van der Waals surface area contributed by atoms with Crippen molar-refractivity contribution in [2.75, 3.05) is 20.3 Å².